The molecule has 0 amide bonds. The Bertz CT molecular complexity index is 574. The fourth-order valence-electron chi connectivity index (χ4n) is 2.39. The number of pyridine rings is 1. The van der Waals surface area contributed by atoms with Gasteiger partial charge in [-0.1, -0.05) is 20.8 Å². The third kappa shape index (κ3) is 4.11. The lowest BCUT2D eigenvalue weighted by atomic mass is 10.1. The van der Waals surface area contributed by atoms with Crippen molar-refractivity contribution in [2.45, 2.75) is 45.7 Å². The second-order valence-corrected chi connectivity index (χ2v) is 5.58. The van der Waals surface area contributed by atoms with Crippen LogP contribution in [0.5, 0.6) is 0 Å². The maximum atomic E-state index is 13.1. The van der Waals surface area contributed by atoms with Crippen LogP contribution in [0.15, 0.2) is 24.4 Å². The Balaban J connectivity index is 2.23. The molecule has 2 aromatic heterocycles. The van der Waals surface area contributed by atoms with E-state index in [2.05, 4.69) is 42.2 Å². The van der Waals surface area contributed by atoms with Crippen LogP contribution < -0.4 is 5.32 Å². The van der Waals surface area contributed by atoms with Gasteiger partial charge in [-0.2, -0.15) is 5.10 Å². The predicted octanol–water partition coefficient (Wildman–Crippen LogP) is 2.80. The molecular formula is C16H23FN4. The van der Waals surface area contributed by atoms with Gasteiger partial charge in [0.15, 0.2) is 0 Å². The molecule has 2 heterocycles. The summed E-state index contributed by atoms with van der Waals surface area (Å²) in [6.45, 7) is 6.28. The highest BCUT2D eigenvalue weighted by molar-refractivity contribution is 5.17. The quantitative estimate of drug-likeness (QED) is 0.889. The molecule has 0 aliphatic carbocycles. The number of aryl methyl sites for hydroxylation is 2. The Morgan fingerprint density at radius 2 is 2.10 bits per heavy atom. The zero-order valence-corrected chi connectivity index (χ0v) is 13.1. The normalized spacial score (nSPS) is 12.9. The first kappa shape index (κ1) is 15.6. The molecule has 0 saturated carbocycles. The highest BCUT2D eigenvalue weighted by Crippen LogP contribution is 2.18. The molecule has 114 valence electrons. The second-order valence-electron chi connectivity index (χ2n) is 5.58. The summed E-state index contributed by atoms with van der Waals surface area (Å²) in [7, 11) is 1.96. The largest absolute Gasteiger partial charge is 0.306 e. The lowest BCUT2D eigenvalue weighted by molar-refractivity contribution is 0.454. The molecule has 4 nitrogen and oxygen atoms in total. The minimum absolute atomic E-state index is 0.0470. The van der Waals surface area contributed by atoms with Gasteiger partial charge >= 0.3 is 0 Å². The molecule has 0 aliphatic heterocycles. The molecule has 0 aromatic carbocycles. The number of halogens is 1. The summed E-state index contributed by atoms with van der Waals surface area (Å²) in [4.78, 5) is 4.22. The second kappa shape index (κ2) is 6.80. The van der Waals surface area contributed by atoms with E-state index in [4.69, 9.17) is 0 Å². The van der Waals surface area contributed by atoms with Crippen LogP contribution in [0.1, 0.15) is 43.9 Å². The van der Waals surface area contributed by atoms with Crippen LogP contribution >= 0.6 is 0 Å². The van der Waals surface area contributed by atoms with E-state index >= 15 is 0 Å². The summed E-state index contributed by atoms with van der Waals surface area (Å²) in [6, 6.07) is 5.69. The topological polar surface area (TPSA) is 42.7 Å². The molecule has 0 radical (unpaired) electrons. The maximum absolute atomic E-state index is 13.1. The van der Waals surface area contributed by atoms with Crippen molar-refractivity contribution >= 4 is 0 Å². The number of aromatic nitrogens is 3. The third-order valence-corrected chi connectivity index (χ3v) is 3.44. The smallest absolute Gasteiger partial charge is 0.141 e. The van der Waals surface area contributed by atoms with Gasteiger partial charge in [0.2, 0.25) is 0 Å². The van der Waals surface area contributed by atoms with Crippen molar-refractivity contribution in [2.75, 3.05) is 0 Å². The Hall–Kier alpha value is -1.75. The highest BCUT2D eigenvalue weighted by atomic mass is 19.1. The van der Waals surface area contributed by atoms with Gasteiger partial charge in [-0.25, -0.2) is 4.39 Å². The van der Waals surface area contributed by atoms with Crippen molar-refractivity contribution in [1.29, 1.82) is 0 Å². The van der Waals surface area contributed by atoms with Gasteiger partial charge < -0.3 is 5.32 Å². The van der Waals surface area contributed by atoms with E-state index in [1.165, 1.54) is 12.3 Å². The first-order valence-corrected chi connectivity index (χ1v) is 7.39. The number of nitrogens with one attached hydrogen (secondary N) is 1. The summed E-state index contributed by atoms with van der Waals surface area (Å²) >= 11 is 0. The molecular weight excluding hydrogens is 267 g/mol. The van der Waals surface area contributed by atoms with Crippen molar-refractivity contribution in [1.82, 2.24) is 20.1 Å². The minimum atomic E-state index is -0.309. The highest BCUT2D eigenvalue weighted by Gasteiger charge is 2.17. The van der Waals surface area contributed by atoms with Crippen LogP contribution in [-0.4, -0.2) is 20.8 Å². The summed E-state index contributed by atoms with van der Waals surface area (Å²) < 4.78 is 15.0. The summed E-state index contributed by atoms with van der Waals surface area (Å²) in [5.41, 5.74) is 3.09. The van der Waals surface area contributed by atoms with E-state index in [-0.39, 0.29) is 11.9 Å². The van der Waals surface area contributed by atoms with E-state index < -0.39 is 0 Å². The monoisotopic (exact) mass is 290 g/mol. The Morgan fingerprint density at radius 3 is 2.62 bits per heavy atom. The predicted molar refractivity (Wildman–Crippen MR) is 81.5 cm³/mol. The van der Waals surface area contributed by atoms with E-state index in [1.54, 1.807) is 6.07 Å². The van der Waals surface area contributed by atoms with Crippen LogP contribution in [0.4, 0.5) is 4.39 Å². The molecule has 0 saturated heterocycles. The lowest BCUT2D eigenvalue weighted by Crippen LogP contribution is -2.30. The van der Waals surface area contributed by atoms with Gasteiger partial charge in [-0.3, -0.25) is 9.67 Å². The molecule has 21 heavy (non-hydrogen) atoms. The fourth-order valence-corrected chi connectivity index (χ4v) is 2.39. The molecule has 0 aliphatic rings. The number of hydrogen-bond donors (Lipinski definition) is 1. The third-order valence-electron chi connectivity index (χ3n) is 3.44. The van der Waals surface area contributed by atoms with Crippen LogP contribution in [0.2, 0.25) is 0 Å². The van der Waals surface area contributed by atoms with Crippen LogP contribution in [0, 0.1) is 5.82 Å². The Labute approximate surface area is 125 Å². The Kier molecular flexibility index (Phi) is 5.07. The molecule has 1 N–H and O–H groups in total. The molecule has 5 heteroatoms. The first-order chi connectivity index (χ1) is 9.99. The van der Waals surface area contributed by atoms with Gasteiger partial charge in [-0.05, 0) is 24.6 Å². The van der Waals surface area contributed by atoms with E-state index in [0.29, 0.717) is 6.04 Å². The van der Waals surface area contributed by atoms with Crippen LogP contribution in [-0.2, 0) is 19.9 Å². The fraction of sp³-hybridized carbons (Fsp3) is 0.500. The zero-order valence-electron chi connectivity index (χ0n) is 13.1. The van der Waals surface area contributed by atoms with Crippen LogP contribution in [0.25, 0.3) is 0 Å². The van der Waals surface area contributed by atoms with Gasteiger partial charge in [-0.15, -0.1) is 0 Å². The summed E-state index contributed by atoms with van der Waals surface area (Å²) in [6.07, 6.45) is 2.97. The van der Waals surface area contributed by atoms with Gasteiger partial charge in [0.05, 0.1) is 23.6 Å². The standard InChI is InChI=1S/C16H23FN4/c1-5-13-8-14(21(4)20-13)9-16(19-11(2)3)15-7-6-12(17)10-18-15/h6-8,10-11,16,19H,5,9H2,1-4H3. The number of rotatable bonds is 6. The van der Waals surface area contributed by atoms with Gasteiger partial charge in [0.1, 0.15) is 5.82 Å². The molecule has 2 rings (SSSR count). The molecule has 2 aromatic rings. The Morgan fingerprint density at radius 1 is 1.33 bits per heavy atom. The average Bonchev–Trinajstić information content (AvgIpc) is 2.79. The number of hydrogen-bond acceptors (Lipinski definition) is 3. The molecule has 1 unspecified atom stereocenters. The minimum Gasteiger partial charge on any atom is -0.306 e. The van der Waals surface area contributed by atoms with E-state index in [9.17, 15) is 4.39 Å². The van der Waals surface area contributed by atoms with E-state index in [1.807, 2.05) is 11.7 Å². The maximum Gasteiger partial charge on any atom is 0.141 e. The van der Waals surface area contributed by atoms with Gasteiger partial charge in [0, 0.05) is 25.2 Å². The van der Waals surface area contributed by atoms with Crippen LogP contribution in [0.3, 0.4) is 0 Å². The lowest BCUT2D eigenvalue weighted by Gasteiger charge is -2.21. The zero-order chi connectivity index (χ0) is 15.4. The molecule has 1 atom stereocenters. The van der Waals surface area contributed by atoms with Crippen molar-refractivity contribution in [2.24, 2.45) is 7.05 Å². The molecule has 0 fully saturated rings. The van der Waals surface area contributed by atoms with Crippen molar-refractivity contribution in [3.63, 3.8) is 0 Å². The average molecular weight is 290 g/mol. The molecule has 0 bridgehead atoms. The SMILES string of the molecule is CCc1cc(CC(NC(C)C)c2ccc(F)cn2)n(C)n1. The van der Waals surface area contributed by atoms with Crippen molar-refractivity contribution < 1.29 is 4.39 Å². The van der Waals surface area contributed by atoms with Crippen molar-refractivity contribution in [3.8, 4) is 0 Å². The summed E-state index contributed by atoms with van der Waals surface area (Å²) in [5, 5.41) is 7.97. The van der Waals surface area contributed by atoms with E-state index in [0.717, 1.165) is 29.9 Å². The molecule has 0 spiro atoms. The summed E-state index contributed by atoms with van der Waals surface area (Å²) in [5.74, 6) is -0.309. The number of nitrogens with zero attached hydrogens (tertiary/aromatic N) is 3. The van der Waals surface area contributed by atoms with Gasteiger partial charge in [0.25, 0.3) is 0 Å². The van der Waals surface area contributed by atoms with Crippen molar-refractivity contribution in [3.05, 3.63) is 47.3 Å². The first-order valence-electron chi connectivity index (χ1n) is 7.39.